The highest BCUT2D eigenvalue weighted by Crippen LogP contribution is 2.34. The van der Waals surface area contributed by atoms with Crippen molar-refractivity contribution in [2.75, 3.05) is 0 Å². The Morgan fingerprint density at radius 2 is 1.71 bits per heavy atom. The van der Waals surface area contributed by atoms with E-state index in [1.807, 2.05) is 66.7 Å². The summed E-state index contributed by atoms with van der Waals surface area (Å²) >= 11 is 0. The van der Waals surface area contributed by atoms with E-state index >= 15 is 0 Å². The zero-order valence-corrected chi connectivity index (χ0v) is 11.8. The van der Waals surface area contributed by atoms with Crippen molar-refractivity contribution < 1.29 is 9.90 Å². The number of ketones is 1. The summed E-state index contributed by atoms with van der Waals surface area (Å²) in [5.41, 5.74) is 2.76. The van der Waals surface area contributed by atoms with Crippen LogP contribution in [0.4, 0.5) is 0 Å². The molecule has 106 valence electrons. The van der Waals surface area contributed by atoms with Crippen molar-refractivity contribution in [2.24, 2.45) is 5.92 Å². The quantitative estimate of drug-likeness (QED) is 0.857. The second-order valence-electron chi connectivity index (χ2n) is 5.42. The van der Waals surface area contributed by atoms with Gasteiger partial charge >= 0.3 is 0 Å². The van der Waals surface area contributed by atoms with Gasteiger partial charge in [0.1, 0.15) is 0 Å². The molecule has 2 atom stereocenters. The largest absolute Gasteiger partial charge is 0.388 e. The summed E-state index contributed by atoms with van der Waals surface area (Å²) in [6, 6.07) is 17.2. The average Bonchev–Trinajstić information content (AvgIpc) is 2.55. The zero-order valence-electron chi connectivity index (χ0n) is 11.8. The van der Waals surface area contributed by atoms with Crippen LogP contribution in [0.3, 0.4) is 0 Å². The third kappa shape index (κ3) is 2.96. The Bertz CT molecular complexity index is 658. The minimum Gasteiger partial charge on any atom is -0.388 e. The van der Waals surface area contributed by atoms with Crippen molar-refractivity contribution >= 4 is 11.9 Å². The van der Waals surface area contributed by atoms with Crippen molar-refractivity contribution in [1.29, 1.82) is 0 Å². The molecule has 0 fully saturated rings. The molecule has 1 aliphatic rings. The van der Waals surface area contributed by atoms with Crippen LogP contribution in [-0.4, -0.2) is 10.9 Å². The highest BCUT2D eigenvalue weighted by atomic mass is 16.3. The smallest absolute Gasteiger partial charge is 0.162 e. The lowest BCUT2D eigenvalue weighted by atomic mass is 9.83. The molecule has 2 aromatic carbocycles. The van der Waals surface area contributed by atoms with Crippen LogP contribution in [0.1, 0.15) is 40.4 Å². The molecule has 0 saturated carbocycles. The summed E-state index contributed by atoms with van der Waals surface area (Å²) in [7, 11) is 0. The van der Waals surface area contributed by atoms with Crippen LogP contribution in [0.15, 0.2) is 60.7 Å². The summed E-state index contributed by atoms with van der Waals surface area (Å²) in [5, 5.41) is 10.4. The van der Waals surface area contributed by atoms with Crippen LogP contribution >= 0.6 is 0 Å². The molecule has 2 aromatic rings. The Labute approximate surface area is 124 Å². The fraction of sp³-hybridized carbons (Fsp3) is 0.211. The van der Waals surface area contributed by atoms with Crippen LogP contribution in [0, 0.1) is 5.92 Å². The minimum absolute atomic E-state index is 0.00700. The number of carbonyl (C=O) groups excluding carboxylic acids is 1. The van der Waals surface area contributed by atoms with Gasteiger partial charge in [-0.25, -0.2) is 0 Å². The fourth-order valence-corrected chi connectivity index (χ4v) is 2.82. The lowest BCUT2D eigenvalue weighted by Gasteiger charge is -2.25. The molecule has 0 amide bonds. The number of hydrogen-bond acceptors (Lipinski definition) is 2. The van der Waals surface area contributed by atoms with Crippen molar-refractivity contribution in [3.05, 3.63) is 77.4 Å². The Morgan fingerprint density at radius 3 is 2.52 bits per heavy atom. The predicted octanol–water partition coefficient (Wildman–Crippen LogP) is 4.03. The zero-order chi connectivity index (χ0) is 14.7. The van der Waals surface area contributed by atoms with E-state index in [1.54, 1.807) is 0 Å². The Kier molecular flexibility index (Phi) is 3.98. The van der Waals surface area contributed by atoms with Gasteiger partial charge in [-0.05, 0) is 17.5 Å². The Balaban J connectivity index is 1.66. The highest BCUT2D eigenvalue weighted by molar-refractivity contribution is 5.95. The second-order valence-corrected chi connectivity index (χ2v) is 5.42. The molecule has 21 heavy (non-hydrogen) atoms. The van der Waals surface area contributed by atoms with Gasteiger partial charge in [-0.15, -0.1) is 0 Å². The molecule has 0 heterocycles. The van der Waals surface area contributed by atoms with Gasteiger partial charge < -0.3 is 5.11 Å². The average molecular weight is 278 g/mol. The monoisotopic (exact) mass is 278 g/mol. The Morgan fingerprint density at radius 1 is 1.00 bits per heavy atom. The van der Waals surface area contributed by atoms with E-state index in [0.29, 0.717) is 12.8 Å². The van der Waals surface area contributed by atoms with E-state index in [0.717, 1.165) is 16.7 Å². The van der Waals surface area contributed by atoms with Crippen LogP contribution in [0.25, 0.3) is 6.08 Å². The number of aliphatic hydroxyl groups excluding tert-OH is 1. The van der Waals surface area contributed by atoms with Gasteiger partial charge in [-0.2, -0.15) is 0 Å². The first-order chi connectivity index (χ1) is 10.3. The lowest BCUT2D eigenvalue weighted by molar-refractivity contribution is 0.0938. The van der Waals surface area contributed by atoms with Crippen LogP contribution in [0.5, 0.6) is 0 Å². The minimum atomic E-state index is -0.519. The van der Waals surface area contributed by atoms with Gasteiger partial charge in [0.25, 0.3) is 0 Å². The van der Waals surface area contributed by atoms with Gasteiger partial charge in [-0.1, -0.05) is 66.7 Å². The summed E-state index contributed by atoms with van der Waals surface area (Å²) in [6.07, 6.45) is 4.66. The molecule has 3 rings (SSSR count). The topological polar surface area (TPSA) is 37.3 Å². The second kappa shape index (κ2) is 6.06. The first-order valence-electron chi connectivity index (χ1n) is 7.29. The number of hydrogen-bond donors (Lipinski definition) is 1. The predicted molar refractivity (Wildman–Crippen MR) is 83.9 cm³/mol. The number of carbonyl (C=O) groups is 1. The normalized spacial score (nSPS) is 20.0. The third-order valence-corrected chi connectivity index (χ3v) is 4.04. The molecule has 0 aliphatic heterocycles. The molecule has 0 radical (unpaired) electrons. The molecule has 1 aliphatic carbocycles. The van der Waals surface area contributed by atoms with E-state index in [1.165, 1.54) is 0 Å². The van der Waals surface area contributed by atoms with Crippen molar-refractivity contribution in [3.8, 4) is 0 Å². The summed E-state index contributed by atoms with van der Waals surface area (Å²) in [4.78, 5) is 12.1. The maximum Gasteiger partial charge on any atom is 0.162 e. The molecule has 0 spiro atoms. The first kappa shape index (κ1) is 13.8. The maximum absolute atomic E-state index is 12.1. The number of rotatable bonds is 4. The molecule has 1 N–H and O–H groups in total. The SMILES string of the molecule is O=C(CC[C@@H]1C=Cc2ccccc2[C@@H]1O)c1ccccc1. The van der Waals surface area contributed by atoms with Gasteiger partial charge in [-0.3, -0.25) is 4.79 Å². The van der Waals surface area contributed by atoms with E-state index < -0.39 is 6.10 Å². The molecule has 0 unspecified atom stereocenters. The number of fused-ring (bicyclic) bond motifs is 1. The first-order valence-corrected chi connectivity index (χ1v) is 7.29. The van der Waals surface area contributed by atoms with E-state index in [2.05, 4.69) is 0 Å². The van der Waals surface area contributed by atoms with E-state index in [4.69, 9.17) is 0 Å². The molecule has 0 bridgehead atoms. The van der Waals surface area contributed by atoms with Crippen molar-refractivity contribution in [3.63, 3.8) is 0 Å². The number of aliphatic hydroxyl groups is 1. The standard InChI is InChI=1S/C19H18O2/c20-18(15-7-2-1-3-8-15)13-12-16-11-10-14-6-4-5-9-17(14)19(16)21/h1-11,16,19,21H,12-13H2/t16-,19+/m0/s1. The summed E-state index contributed by atoms with van der Waals surface area (Å²) in [6.45, 7) is 0. The van der Waals surface area contributed by atoms with Crippen LogP contribution < -0.4 is 0 Å². The summed E-state index contributed by atoms with van der Waals surface area (Å²) in [5.74, 6) is 0.141. The third-order valence-electron chi connectivity index (χ3n) is 4.04. The highest BCUT2D eigenvalue weighted by Gasteiger charge is 2.24. The Hall–Kier alpha value is -2.19. The molecule has 0 saturated heterocycles. The molecule has 2 heteroatoms. The van der Waals surface area contributed by atoms with Crippen LogP contribution in [0.2, 0.25) is 0 Å². The van der Waals surface area contributed by atoms with Gasteiger partial charge in [0.2, 0.25) is 0 Å². The fourth-order valence-electron chi connectivity index (χ4n) is 2.82. The van der Waals surface area contributed by atoms with Gasteiger partial charge in [0, 0.05) is 17.9 Å². The molecule has 2 nitrogen and oxygen atoms in total. The van der Waals surface area contributed by atoms with Crippen molar-refractivity contribution in [2.45, 2.75) is 18.9 Å². The molecular formula is C19H18O2. The molecule has 0 aromatic heterocycles. The molecular weight excluding hydrogens is 260 g/mol. The van der Waals surface area contributed by atoms with Gasteiger partial charge in [0.05, 0.1) is 6.10 Å². The lowest BCUT2D eigenvalue weighted by Crippen LogP contribution is -2.16. The van der Waals surface area contributed by atoms with Crippen molar-refractivity contribution in [1.82, 2.24) is 0 Å². The van der Waals surface area contributed by atoms with E-state index in [9.17, 15) is 9.90 Å². The number of Topliss-reactive ketones (excluding diaryl/α,β-unsaturated/α-hetero) is 1. The maximum atomic E-state index is 12.1. The van der Waals surface area contributed by atoms with Crippen LogP contribution in [-0.2, 0) is 0 Å². The van der Waals surface area contributed by atoms with E-state index in [-0.39, 0.29) is 11.7 Å². The van der Waals surface area contributed by atoms with Gasteiger partial charge in [0.15, 0.2) is 5.78 Å². The number of benzene rings is 2. The summed E-state index contributed by atoms with van der Waals surface area (Å²) < 4.78 is 0.